The van der Waals surface area contributed by atoms with E-state index < -0.39 is 5.97 Å². The number of ether oxygens (including phenoxy) is 1. The molecule has 4 rings (SSSR count). The molecule has 0 radical (unpaired) electrons. The standard InChI is InChI=1S/C26H22N2O4S.Na/c1-15-4-7-18(8-5-15)25(29)20(13-17-6-11-23(32-3)16(2)12-17)24(26(30)31)19-9-10-21-22(14-19)28-33-27-21;/h4-12,14H,13H2,1-3H3,(H,30,31);/q;+1/p-1. The number of rotatable bonds is 7. The predicted octanol–water partition coefficient (Wildman–Crippen LogP) is 0.950. The minimum atomic E-state index is -1.42. The van der Waals surface area contributed by atoms with Crippen molar-refractivity contribution in [2.24, 2.45) is 0 Å². The number of ketones is 1. The van der Waals surface area contributed by atoms with Crippen molar-refractivity contribution in [1.82, 2.24) is 8.75 Å². The molecule has 34 heavy (non-hydrogen) atoms. The summed E-state index contributed by atoms with van der Waals surface area (Å²) in [6.45, 7) is 3.82. The van der Waals surface area contributed by atoms with Gasteiger partial charge in [-0.2, -0.15) is 8.75 Å². The summed E-state index contributed by atoms with van der Waals surface area (Å²) in [5.41, 5.74) is 4.68. The fourth-order valence-corrected chi connectivity index (χ4v) is 4.29. The molecule has 0 aliphatic heterocycles. The van der Waals surface area contributed by atoms with E-state index in [4.69, 9.17) is 4.74 Å². The van der Waals surface area contributed by atoms with Crippen molar-refractivity contribution in [3.63, 3.8) is 0 Å². The Labute approximate surface area is 223 Å². The number of carboxylic acids is 1. The van der Waals surface area contributed by atoms with Crippen LogP contribution in [0.3, 0.4) is 0 Å². The van der Waals surface area contributed by atoms with Crippen LogP contribution in [0.15, 0.2) is 66.2 Å². The summed E-state index contributed by atoms with van der Waals surface area (Å²) in [4.78, 5) is 26.0. The van der Waals surface area contributed by atoms with Gasteiger partial charge in [-0.15, -0.1) is 0 Å². The van der Waals surface area contributed by atoms with Crippen molar-refractivity contribution >= 4 is 40.1 Å². The Kier molecular flexibility index (Phi) is 8.38. The van der Waals surface area contributed by atoms with E-state index in [2.05, 4.69) is 8.75 Å². The van der Waals surface area contributed by atoms with Crippen LogP contribution in [0.2, 0.25) is 0 Å². The maximum Gasteiger partial charge on any atom is 1.00 e. The quantitative estimate of drug-likeness (QED) is 0.222. The average Bonchev–Trinajstić information content (AvgIpc) is 3.27. The van der Waals surface area contributed by atoms with E-state index in [1.54, 1.807) is 37.4 Å². The molecule has 6 nitrogen and oxygen atoms in total. The van der Waals surface area contributed by atoms with Crippen LogP contribution in [-0.4, -0.2) is 27.6 Å². The van der Waals surface area contributed by atoms with Crippen molar-refractivity contribution < 1.29 is 49.0 Å². The smallest absolute Gasteiger partial charge is 0.545 e. The van der Waals surface area contributed by atoms with Crippen LogP contribution in [0.5, 0.6) is 5.75 Å². The molecule has 4 aromatic rings. The number of hydrogen-bond acceptors (Lipinski definition) is 7. The van der Waals surface area contributed by atoms with Gasteiger partial charge in [0.05, 0.1) is 24.8 Å². The first-order valence-electron chi connectivity index (χ1n) is 10.3. The molecule has 166 valence electrons. The minimum absolute atomic E-state index is 0. The van der Waals surface area contributed by atoms with Crippen molar-refractivity contribution in [2.75, 3.05) is 7.11 Å². The second-order valence-electron chi connectivity index (χ2n) is 7.78. The van der Waals surface area contributed by atoms with Gasteiger partial charge in [0.25, 0.3) is 0 Å². The zero-order valence-electron chi connectivity index (χ0n) is 19.4. The third-order valence-corrected chi connectivity index (χ3v) is 6.03. The van der Waals surface area contributed by atoms with Gasteiger partial charge in [0, 0.05) is 23.1 Å². The van der Waals surface area contributed by atoms with Crippen LogP contribution in [0.1, 0.15) is 32.6 Å². The molecule has 8 heteroatoms. The number of hydrogen-bond donors (Lipinski definition) is 0. The Bertz CT molecular complexity index is 1390. The molecule has 0 spiro atoms. The molecule has 0 aliphatic carbocycles. The summed E-state index contributed by atoms with van der Waals surface area (Å²) in [6.07, 6.45) is 0.119. The number of nitrogens with zero attached hydrogens (tertiary/aromatic N) is 2. The van der Waals surface area contributed by atoms with E-state index in [-0.39, 0.29) is 52.9 Å². The molecule has 0 N–H and O–H groups in total. The van der Waals surface area contributed by atoms with E-state index in [0.717, 1.165) is 34.2 Å². The fourth-order valence-electron chi connectivity index (χ4n) is 3.77. The first kappa shape index (κ1) is 25.8. The molecular weight excluding hydrogens is 459 g/mol. The molecule has 0 fully saturated rings. The van der Waals surface area contributed by atoms with E-state index in [0.29, 0.717) is 22.2 Å². The summed E-state index contributed by atoms with van der Waals surface area (Å²) in [5, 5.41) is 12.4. The molecule has 3 aromatic carbocycles. The van der Waals surface area contributed by atoms with Gasteiger partial charge < -0.3 is 14.6 Å². The fraction of sp³-hybridized carbons (Fsp3) is 0.154. The molecule has 0 atom stereocenters. The topological polar surface area (TPSA) is 92.2 Å². The van der Waals surface area contributed by atoms with Gasteiger partial charge in [-0.05, 0) is 48.7 Å². The van der Waals surface area contributed by atoms with Crippen LogP contribution in [0.4, 0.5) is 0 Å². The van der Waals surface area contributed by atoms with Crippen molar-refractivity contribution in [3.05, 3.63) is 94.1 Å². The van der Waals surface area contributed by atoms with E-state index >= 15 is 0 Å². The monoisotopic (exact) mass is 480 g/mol. The van der Waals surface area contributed by atoms with Gasteiger partial charge in [-0.3, -0.25) is 4.79 Å². The number of allylic oxidation sites excluding steroid dienone is 1. The molecule has 0 aliphatic rings. The molecule has 0 saturated heterocycles. The number of carbonyl (C=O) groups excluding carboxylic acids is 2. The van der Waals surface area contributed by atoms with Crippen LogP contribution < -0.4 is 39.4 Å². The first-order chi connectivity index (χ1) is 15.9. The first-order valence-corrected chi connectivity index (χ1v) is 11.0. The molecule has 1 aromatic heterocycles. The number of fused-ring (bicyclic) bond motifs is 1. The largest absolute Gasteiger partial charge is 1.00 e. The van der Waals surface area contributed by atoms with Gasteiger partial charge in [0.2, 0.25) is 0 Å². The maximum absolute atomic E-state index is 13.6. The van der Waals surface area contributed by atoms with Crippen LogP contribution in [-0.2, 0) is 11.2 Å². The van der Waals surface area contributed by atoms with Gasteiger partial charge in [0.15, 0.2) is 5.78 Å². The summed E-state index contributed by atoms with van der Waals surface area (Å²) in [5.74, 6) is -1.06. The molecule has 0 saturated carbocycles. The van der Waals surface area contributed by atoms with E-state index in [9.17, 15) is 14.7 Å². The Morgan fingerprint density at radius 2 is 1.59 bits per heavy atom. The minimum Gasteiger partial charge on any atom is -0.545 e. The van der Waals surface area contributed by atoms with E-state index in [1.165, 1.54) is 0 Å². The summed E-state index contributed by atoms with van der Waals surface area (Å²) < 4.78 is 13.7. The number of benzene rings is 3. The van der Waals surface area contributed by atoms with Gasteiger partial charge >= 0.3 is 29.6 Å². The molecular formula is C26H21N2NaO4S. The molecule has 1 heterocycles. The zero-order valence-corrected chi connectivity index (χ0v) is 22.2. The van der Waals surface area contributed by atoms with Gasteiger partial charge in [-0.1, -0.05) is 48.0 Å². The Morgan fingerprint density at radius 1 is 0.912 bits per heavy atom. The maximum atomic E-state index is 13.6. The van der Waals surface area contributed by atoms with Crippen LogP contribution in [0.25, 0.3) is 16.6 Å². The Hall–Kier alpha value is -2.84. The van der Waals surface area contributed by atoms with Crippen LogP contribution >= 0.6 is 11.7 Å². The van der Waals surface area contributed by atoms with Crippen molar-refractivity contribution in [1.29, 1.82) is 0 Å². The average molecular weight is 481 g/mol. The second kappa shape index (κ2) is 11.1. The molecule has 0 amide bonds. The van der Waals surface area contributed by atoms with Crippen molar-refractivity contribution in [3.8, 4) is 5.75 Å². The summed E-state index contributed by atoms with van der Waals surface area (Å²) in [6, 6.07) is 17.6. The van der Waals surface area contributed by atoms with E-state index in [1.807, 2.05) is 44.2 Å². The van der Waals surface area contributed by atoms with Gasteiger partial charge in [-0.25, -0.2) is 0 Å². The predicted molar refractivity (Wildman–Crippen MR) is 126 cm³/mol. The number of carbonyl (C=O) groups is 2. The SMILES string of the molecule is COc1ccc(CC(C(=O)c2ccc(C)cc2)=C(C(=O)[O-])c2ccc3nsnc3c2)cc1C.[Na+]. The number of aliphatic carboxylic acids is 1. The van der Waals surface area contributed by atoms with Crippen LogP contribution in [0, 0.1) is 13.8 Å². The normalized spacial score (nSPS) is 11.5. The van der Waals surface area contributed by atoms with Crippen molar-refractivity contribution in [2.45, 2.75) is 20.3 Å². The Balaban J connectivity index is 0.00000324. The number of aryl methyl sites for hydroxylation is 2. The zero-order chi connectivity index (χ0) is 23.5. The number of Topliss-reactive ketones (excluding diaryl/α,β-unsaturated/α-hetero) is 1. The summed E-state index contributed by atoms with van der Waals surface area (Å²) >= 11 is 1.04. The summed E-state index contributed by atoms with van der Waals surface area (Å²) in [7, 11) is 1.59. The third kappa shape index (κ3) is 5.45. The van der Waals surface area contributed by atoms with Gasteiger partial charge in [0.1, 0.15) is 16.8 Å². The number of methoxy groups -OCH3 is 1. The Morgan fingerprint density at radius 3 is 2.24 bits per heavy atom. The number of carboxylic acid groups (broad SMARTS) is 1. The third-order valence-electron chi connectivity index (χ3n) is 5.48. The second-order valence-corrected chi connectivity index (χ2v) is 8.31. The molecule has 0 unspecified atom stereocenters. The number of aromatic nitrogens is 2. The molecule has 0 bridgehead atoms.